The molecule has 1 fully saturated rings. The lowest BCUT2D eigenvalue weighted by Gasteiger charge is -2.07. The topological polar surface area (TPSA) is 61.3 Å². The van der Waals surface area contributed by atoms with Crippen LogP contribution in [0.5, 0.6) is 5.88 Å². The Bertz CT molecular complexity index is 389. The van der Waals surface area contributed by atoms with Gasteiger partial charge in [0.25, 0.3) is 0 Å². The summed E-state index contributed by atoms with van der Waals surface area (Å²) in [6, 6.07) is 1.57. The van der Waals surface area contributed by atoms with E-state index < -0.39 is 0 Å². The molecule has 92 valence electrons. The number of rotatable bonds is 5. The van der Waals surface area contributed by atoms with E-state index in [1.807, 2.05) is 0 Å². The number of aromatic nitrogens is 2. The number of hydrogen-bond acceptors (Lipinski definition) is 5. The monoisotopic (exact) mass is 236 g/mol. The Labute approximate surface area is 100 Å². The molecule has 5 nitrogen and oxygen atoms in total. The van der Waals surface area contributed by atoms with E-state index in [1.54, 1.807) is 6.07 Å². The van der Waals surface area contributed by atoms with Crippen LogP contribution in [0.3, 0.4) is 0 Å². The standard InChI is InChI=1S/C12H16N2O3/c1-16-12-7-10(13-8-14-12)11(15)5-4-9-3-2-6-17-9/h7-9H,2-6H2,1H3. The van der Waals surface area contributed by atoms with Crippen LogP contribution in [0.25, 0.3) is 0 Å². The lowest BCUT2D eigenvalue weighted by molar-refractivity contribution is 0.0855. The first kappa shape index (κ1) is 12.0. The lowest BCUT2D eigenvalue weighted by Crippen LogP contribution is -2.10. The van der Waals surface area contributed by atoms with E-state index in [9.17, 15) is 4.79 Å². The number of nitrogens with zero attached hydrogens (tertiary/aromatic N) is 2. The van der Waals surface area contributed by atoms with Gasteiger partial charge in [0.2, 0.25) is 5.88 Å². The molecule has 0 radical (unpaired) electrons. The van der Waals surface area contributed by atoms with Crippen molar-refractivity contribution >= 4 is 5.78 Å². The van der Waals surface area contributed by atoms with Crippen LogP contribution in [0.15, 0.2) is 12.4 Å². The van der Waals surface area contributed by atoms with Crippen LogP contribution in [0.1, 0.15) is 36.2 Å². The van der Waals surface area contributed by atoms with Crippen LogP contribution in [-0.2, 0) is 4.74 Å². The highest BCUT2D eigenvalue weighted by molar-refractivity contribution is 5.94. The van der Waals surface area contributed by atoms with Crippen LogP contribution in [0, 0.1) is 0 Å². The average molecular weight is 236 g/mol. The van der Waals surface area contributed by atoms with Gasteiger partial charge in [-0.25, -0.2) is 9.97 Å². The second-order valence-electron chi connectivity index (χ2n) is 4.04. The molecule has 0 aromatic carbocycles. The minimum atomic E-state index is 0.0150. The van der Waals surface area contributed by atoms with Crippen molar-refractivity contribution in [1.82, 2.24) is 9.97 Å². The third kappa shape index (κ3) is 3.23. The van der Waals surface area contributed by atoms with Gasteiger partial charge in [-0.1, -0.05) is 0 Å². The average Bonchev–Trinajstić information content (AvgIpc) is 2.89. The smallest absolute Gasteiger partial charge is 0.216 e. The van der Waals surface area contributed by atoms with Gasteiger partial charge in [0.1, 0.15) is 12.0 Å². The molecule has 2 rings (SSSR count). The molecule has 0 N–H and O–H groups in total. The molecule has 1 atom stereocenters. The molecule has 1 aromatic heterocycles. The molecule has 1 aliphatic heterocycles. The number of carbonyl (C=O) groups excluding carboxylic acids is 1. The van der Waals surface area contributed by atoms with E-state index in [-0.39, 0.29) is 11.9 Å². The third-order valence-electron chi connectivity index (χ3n) is 2.85. The fourth-order valence-electron chi connectivity index (χ4n) is 1.90. The summed E-state index contributed by atoms with van der Waals surface area (Å²) in [6.45, 7) is 0.820. The summed E-state index contributed by atoms with van der Waals surface area (Å²) in [6.07, 6.45) is 4.97. The Balaban J connectivity index is 1.89. The molecule has 2 heterocycles. The second kappa shape index (κ2) is 5.72. The van der Waals surface area contributed by atoms with Crippen molar-refractivity contribution in [3.05, 3.63) is 18.1 Å². The molecule has 17 heavy (non-hydrogen) atoms. The van der Waals surface area contributed by atoms with Crippen LogP contribution in [-0.4, -0.2) is 35.6 Å². The van der Waals surface area contributed by atoms with Crippen molar-refractivity contribution in [2.24, 2.45) is 0 Å². The highest BCUT2D eigenvalue weighted by Crippen LogP contribution is 2.18. The summed E-state index contributed by atoms with van der Waals surface area (Å²) in [5.41, 5.74) is 0.412. The zero-order valence-electron chi connectivity index (χ0n) is 9.89. The highest BCUT2D eigenvalue weighted by Gasteiger charge is 2.18. The normalized spacial score (nSPS) is 19.2. The number of ketones is 1. The van der Waals surface area contributed by atoms with E-state index in [0.29, 0.717) is 18.0 Å². The van der Waals surface area contributed by atoms with Gasteiger partial charge in [-0.2, -0.15) is 0 Å². The minimum Gasteiger partial charge on any atom is -0.481 e. The van der Waals surface area contributed by atoms with E-state index in [1.165, 1.54) is 13.4 Å². The maximum absolute atomic E-state index is 11.9. The van der Waals surface area contributed by atoms with Gasteiger partial charge < -0.3 is 9.47 Å². The molecule has 5 heteroatoms. The second-order valence-corrected chi connectivity index (χ2v) is 4.04. The zero-order chi connectivity index (χ0) is 12.1. The summed E-state index contributed by atoms with van der Waals surface area (Å²) in [4.78, 5) is 19.7. The van der Waals surface area contributed by atoms with Gasteiger partial charge in [0, 0.05) is 19.1 Å². The molecule has 0 bridgehead atoms. The quantitative estimate of drug-likeness (QED) is 0.727. The predicted octanol–water partition coefficient (Wildman–Crippen LogP) is 1.63. The zero-order valence-corrected chi connectivity index (χ0v) is 9.89. The predicted molar refractivity (Wildman–Crippen MR) is 61.1 cm³/mol. The van der Waals surface area contributed by atoms with Gasteiger partial charge in [0.05, 0.1) is 13.2 Å². The molecule has 0 spiro atoms. The molecule has 1 saturated heterocycles. The van der Waals surface area contributed by atoms with Crippen LogP contribution < -0.4 is 4.74 Å². The summed E-state index contributed by atoms with van der Waals surface area (Å²) < 4.78 is 10.4. The Morgan fingerprint density at radius 1 is 1.59 bits per heavy atom. The van der Waals surface area contributed by atoms with Gasteiger partial charge in [-0.05, 0) is 19.3 Å². The summed E-state index contributed by atoms with van der Waals surface area (Å²) in [7, 11) is 1.52. The van der Waals surface area contributed by atoms with Gasteiger partial charge in [-0.3, -0.25) is 4.79 Å². The summed E-state index contributed by atoms with van der Waals surface area (Å²) in [5, 5.41) is 0. The van der Waals surface area contributed by atoms with E-state index in [4.69, 9.17) is 9.47 Å². The number of Topliss-reactive ketones (excluding diaryl/α,β-unsaturated/α-hetero) is 1. The molecule has 0 saturated carbocycles. The maximum Gasteiger partial charge on any atom is 0.216 e. The van der Waals surface area contributed by atoms with Crippen LogP contribution >= 0.6 is 0 Å². The molecule has 0 aliphatic carbocycles. The Morgan fingerprint density at radius 3 is 3.18 bits per heavy atom. The first-order valence-electron chi connectivity index (χ1n) is 5.80. The first-order chi connectivity index (χ1) is 8.29. The van der Waals surface area contributed by atoms with Crippen molar-refractivity contribution < 1.29 is 14.3 Å². The van der Waals surface area contributed by atoms with Gasteiger partial charge in [0.15, 0.2) is 5.78 Å². The van der Waals surface area contributed by atoms with Gasteiger partial charge >= 0.3 is 0 Å². The number of carbonyl (C=O) groups is 1. The molecule has 0 amide bonds. The third-order valence-corrected chi connectivity index (χ3v) is 2.85. The van der Waals surface area contributed by atoms with Crippen LogP contribution in [0.4, 0.5) is 0 Å². The van der Waals surface area contributed by atoms with E-state index >= 15 is 0 Å². The Kier molecular flexibility index (Phi) is 4.03. The molecular formula is C12H16N2O3. The summed E-state index contributed by atoms with van der Waals surface area (Å²) >= 11 is 0. The van der Waals surface area contributed by atoms with Crippen molar-refractivity contribution in [3.63, 3.8) is 0 Å². The van der Waals surface area contributed by atoms with Crippen molar-refractivity contribution in [1.29, 1.82) is 0 Å². The first-order valence-corrected chi connectivity index (χ1v) is 5.80. The molecule has 1 aliphatic rings. The fourth-order valence-corrected chi connectivity index (χ4v) is 1.90. The SMILES string of the molecule is COc1cc(C(=O)CCC2CCCO2)ncn1. The van der Waals surface area contributed by atoms with Crippen LogP contribution in [0.2, 0.25) is 0 Å². The maximum atomic E-state index is 11.9. The Hall–Kier alpha value is -1.49. The van der Waals surface area contributed by atoms with Gasteiger partial charge in [-0.15, -0.1) is 0 Å². The van der Waals surface area contributed by atoms with Crippen molar-refractivity contribution in [3.8, 4) is 5.88 Å². The largest absolute Gasteiger partial charge is 0.481 e. The Morgan fingerprint density at radius 2 is 2.47 bits per heavy atom. The highest BCUT2D eigenvalue weighted by atomic mass is 16.5. The van der Waals surface area contributed by atoms with E-state index in [0.717, 1.165) is 25.9 Å². The molecular weight excluding hydrogens is 220 g/mol. The minimum absolute atomic E-state index is 0.0150. The number of hydrogen-bond donors (Lipinski definition) is 0. The van der Waals surface area contributed by atoms with E-state index in [2.05, 4.69) is 9.97 Å². The number of ether oxygens (including phenoxy) is 2. The molecule has 1 unspecified atom stereocenters. The van der Waals surface area contributed by atoms with Crippen molar-refractivity contribution in [2.45, 2.75) is 31.8 Å². The summed E-state index contributed by atoms with van der Waals surface area (Å²) in [5.74, 6) is 0.432. The fraction of sp³-hybridized carbons (Fsp3) is 0.583. The lowest BCUT2D eigenvalue weighted by atomic mass is 10.1. The number of methoxy groups -OCH3 is 1. The van der Waals surface area contributed by atoms with Crippen molar-refractivity contribution in [2.75, 3.05) is 13.7 Å². The molecule has 1 aromatic rings.